The molecule has 0 saturated heterocycles. The van der Waals surface area contributed by atoms with E-state index in [1.807, 2.05) is 4.72 Å². The van der Waals surface area contributed by atoms with E-state index in [1.54, 1.807) is 0 Å². The van der Waals surface area contributed by atoms with Gasteiger partial charge in [-0.2, -0.15) is 0 Å². The van der Waals surface area contributed by atoms with Crippen LogP contribution in [-0.4, -0.2) is 30.9 Å². The maximum Gasteiger partial charge on any atom is 0.335 e. The van der Waals surface area contributed by atoms with Crippen LogP contribution in [0.25, 0.3) is 0 Å². The van der Waals surface area contributed by atoms with E-state index in [2.05, 4.69) is 0 Å². The number of hydrogen-bond donors (Lipinski definition) is 4. The maximum atomic E-state index is 10.7. The molecule has 0 aliphatic heterocycles. The number of hydrogen-bond acceptors (Lipinski definition) is 3. The number of nitrogens with one attached hydrogen (secondary N) is 1. The van der Waals surface area contributed by atoms with Gasteiger partial charge in [0.15, 0.2) is 0 Å². The lowest BCUT2D eigenvalue weighted by molar-refractivity contribution is 0.0696. The van der Waals surface area contributed by atoms with Gasteiger partial charge >= 0.3 is 11.9 Å². The zero-order chi connectivity index (χ0) is 12.3. The molecule has 1 unspecified atom stereocenters. The van der Waals surface area contributed by atoms with Gasteiger partial charge in [0.2, 0.25) is 0 Å². The quantitative estimate of drug-likeness (QED) is 0.577. The highest BCUT2D eigenvalue weighted by atomic mass is 32.2. The van der Waals surface area contributed by atoms with Gasteiger partial charge < -0.3 is 10.2 Å². The fraction of sp³-hybridized carbons (Fsp3) is 0. The third-order valence-electron chi connectivity index (χ3n) is 1.63. The van der Waals surface area contributed by atoms with E-state index >= 15 is 0 Å². The molecule has 86 valence electrons. The van der Waals surface area contributed by atoms with E-state index in [9.17, 15) is 13.8 Å². The van der Waals surface area contributed by atoms with Crippen molar-refractivity contribution < 1.29 is 28.6 Å². The molecule has 0 fully saturated rings. The summed E-state index contributed by atoms with van der Waals surface area (Å²) < 4.78 is 21.0. The number of aromatic carboxylic acids is 2. The molecule has 0 radical (unpaired) electrons. The van der Waals surface area contributed by atoms with Crippen LogP contribution in [0.5, 0.6) is 0 Å². The van der Waals surface area contributed by atoms with Crippen LogP contribution >= 0.6 is 0 Å². The van der Waals surface area contributed by atoms with Gasteiger partial charge in [-0.15, -0.1) is 0 Å². The number of carboxylic acid groups (broad SMARTS) is 2. The van der Waals surface area contributed by atoms with E-state index in [1.165, 1.54) is 0 Å². The third kappa shape index (κ3) is 3.04. The first-order chi connectivity index (χ1) is 7.40. The standard InChI is InChI=1S/C8H7NO6S/c10-7(11)4-1-5(8(12)13)3-6(2-4)9-16(14)15/h1-3,9H,(H,10,11)(H,12,13)(H,14,15). The SMILES string of the molecule is O=C(O)c1cc(NS(=O)O)cc(C(=O)O)c1. The van der Waals surface area contributed by atoms with Crippen LogP contribution in [0.15, 0.2) is 18.2 Å². The highest BCUT2D eigenvalue weighted by molar-refractivity contribution is 7.80. The predicted octanol–water partition coefficient (Wildman–Crippen LogP) is 0.632. The molecule has 0 bridgehead atoms. The van der Waals surface area contributed by atoms with Crippen LogP contribution in [0.3, 0.4) is 0 Å². The molecule has 1 aromatic rings. The molecule has 0 amide bonds. The Morgan fingerprint density at radius 2 is 1.50 bits per heavy atom. The Morgan fingerprint density at radius 3 is 1.81 bits per heavy atom. The van der Waals surface area contributed by atoms with E-state index in [4.69, 9.17) is 14.8 Å². The first kappa shape index (κ1) is 12.1. The molecule has 0 saturated carbocycles. The van der Waals surface area contributed by atoms with Crippen LogP contribution in [0, 0.1) is 0 Å². The molecule has 1 aromatic carbocycles. The van der Waals surface area contributed by atoms with Gasteiger partial charge in [0.25, 0.3) is 11.3 Å². The second-order valence-electron chi connectivity index (χ2n) is 2.76. The summed E-state index contributed by atoms with van der Waals surface area (Å²) in [5.41, 5.74) is -0.626. The topological polar surface area (TPSA) is 124 Å². The van der Waals surface area contributed by atoms with Crippen molar-refractivity contribution >= 4 is 28.9 Å². The van der Waals surface area contributed by atoms with Crippen LogP contribution in [0.4, 0.5) is 5.69 Å². The van der Waals surface area contributed by atoms with Crippen molar-refractivity contribution in [2.24, 2.45) is 0 Å². The lowest BCUT2D eigenvalue weighted by Crippen LogP contribution is -2.07. The molecule has 8 heteroatoms. The third-order valence-corrected chi connectivity index (χ3v) is 2.04. The summed E-state index contributed by atoms with van der Waals surface area (Å²) in [7, 11) is 0. The molecule has 0 aliphatic rings. The summed E-state index contributed by atoms with van der Waals surface area (Å²) in [6.45, 7) is 0. The summed E-state index contributed by atoms with van der Waals surface area (Å²) >= 11 is -2.40. The van der Waals surface area contributed by atoms with Gasteiger partial charge in [-0.1, -0.05) is 0 Å². The Balaban J connectivity index is 3.23. The molecule has 0 spiro atoms. The second-order valence-corrected chi connectivity index (χ2v) is 3.46. The number of benzene rings is 1. The predicted molar refractivity (Wildman–Crippen MR) is 54.8 cm³/mol. The van der Waals surface area contributed by atoms with Gasteiger partial charge in [0.05, 0.1) is 16.8 Å². The molecule has 0 aromatic heterocycles. The molecular weight excluding hydrogens is 238 g/mol. The summed E-state index contributed by atoms with van der Waals surface area (Å²) in [5.74, 6) is -2.65. The number of rotatable bonds is 4. The number of carboxylic acids is 2. The molecule has 7 nitrogen and oxygen atoms in total. The lowest BCUT2D eigenvalue weighted by atomic mass is 10.1. The Hall–Kier alpha value is -1.93. The maximum absolute atomic E-state index is 10.7. The van der Waals surface area contributed by atoms with Crippen molar-refractivity contribution in [1.82, 2.24) is 0 Å². The molecule has 1 rings (SSSR count). The molecule has 16 heavy (non-hydrogen) atoms. The van der Waals surface area contributed by atoms with E-state index in [-0.39, 0.29) is 16.8 Å². The van der Waals surface area contributed by atoms with E-state index in [0.29, 0.717) is 0 Å². The van der Waals surface area contributed by atoms with Gasteiger partial charge in [-0.05, 0) is 18.2 Å². The van der Waals surface area contributed by atoms with E-state index < -0.39 is 23.2 Å². The largest absolute Gasteiger partial charge is 0.478 e. The smallest absolute Gasteiger partial charge is 0.335 e. The monoisotopic (exact) mass is 245 g/mol. The Bertz CT molecular complexity index is 439. The zero-order valence-corrected chi connectivity index (χ0v) is 8.52. The Labute approximate surface area is 92.1 Å². The van der Waals surface area contributed by atoms with Crippen molar-refractivity contribution in [2.75, 3.05) is 4.72 Å². The van der Waals surface area contributed by atoms with Crippen LogP contribution in [0.1, 0.15) is 20.7 Å². The molecule has 0 heterocycles. The van der Waals surface area contributed by atoms with Crippen molar-refractivity contribution in [2.45, 2.75) is 0 Å². The molecule has 1 atom stereocenters. The minimum Gasteiger partial charge on any atom is -0.478 e. The van der Waals surface area contributed by atoms with Gasteiger partial charge in [0.1, 0.15) is 0 Å². The summed E-state index contributed by atoms with van der Waals surface area (Å²) in [6, 6.07) is 3.07. The molecule has 4 N–H and O–H groups in total. The average molecular weight is 245 g/mol. The van der Waals surface area contributed by atoms with Crippen molar-refractivity contribution in [3.05, 3.63) is 29.3 Å². The second kappa shape index (κ2) is 4.73. The Morgan fingerprint density at radius 1 is 1.06 bits per heavy atom. The zero-order valence-electron chi connectivity index (χ0n) is 7.71. The minimum absolute atomic E-state index is 0.0573. The van der Waals surface area contributed by atoms with Crippen LogP contribution in [-0.2, 0) is 11.3 Å². The van der Waals surface area contributed by atoms with E-state index in [0.717, 1.165) is 18.2 Å². The number of anilines is 1. The fourth-order valence-electron chi connectivity index (χ4n) is 1.03. The average Bonchev–Trinajstić information content (AvgIpc) is 2.15. The van der Waals surface area contributed by atoms with Crippen LogP contribution in [0.2, 0.25) is 0 Å². The highest BCUT2D eigenvalue weighted by Gasteiger charge is 2.11. The summed E-state index contributed by atoms with van der Waals surface area (Å²) in [5, 5.41) is 17.4. The van der Waals surface area contributed by atoms with Gasteiger partial charge in [0, 0.05) is 0 Å². The summed E-state index contributed by atoms with van der Waals surface area (Å²) in [6.07, 6.45) is 0. The van der Waals surface area contributed by atoms with Gasteiger partial charge in [-0.25, -0.2) is 13.8 Å². The van der Waals surface area contributed by atoms with Crippen molar-refractivity contribution in [3.8, 4) is 0 Å². The minimum atomic E-state index is -2.40. The first-order valence-electron chi connectivity index (χ1n) is 3.89. The molecular formula is C8H7NO6S. The number of carbonyl (C=O) groups is 2. The first-order valence-corrected chi connectivity index (χ1v) is 5.00. The Kier molecular flexibility index (Phi) is 3.59. The molecule has 0 aliphatic carbocycles. The summed E-state index contributed by atoms with van der Waals surface area (Å²) in [4.78, 5) is 21.3. The van der Waals surface area contributed by atoms with Crippen molar-refractivity contribution in [3.63, 3.8) is 0 Å². The van der Waals surface area contributed by atoms with Gasteiger partial charge in [-0.3, -0.25) is 9.27 Å². The highest BCUT2D eigenvalue weighted by Crippen LogP contribution is 2.15. The van der Waals surface area contributed by atoms with Crippen molar-refractivity contribution in [1.29, 1.82) is 0 Å². The fourth-order valence-corrected chi connectivity index (χ4v) is 1.35. The van der Waals surface area contributed by atoms with Crippen LogP contribution < -0.4 is 4.72 Å². The lowest BCUT2D eigenvalue weighted by Gasteiger charge is -2.04. The normalized spacial score (nSPS) is 11.8.